The van der Waals surface area contributed by atoms with Gasteiger partial charge in [0.2, 0.25) is 5.91 Å². The van der Waals surface area contributed by atoms with Gasteiger partial charge in [0.05, 0.1) is 11.1 Å². The second-order valence-corrected chi connectivity index (χ2v) is 8.48. The number of fused-ring (bicyclic) bond motifs is 2. The van der Waals surface area contributed by atoms with Crippen LogP contribution in [0.2, 0.25) is 0 Å². The van der Waals surface area contributed by atoms with E-state index in [-0.39, 0.29) is 30.6 Å². The third-order valence-electron chi connectivity index (χ3n) is 5.39. The number of ether oxygens (including phenoxy) is 1. The fraction of sp³-hybridized carbons (Fsp3) is 0.227. The Morgan fingerprint density at radius 3 is 2.70 bits per heavy atom. The molecule has 1 aromatic heterocycles. The van der Waals surface area contributed by atoms with Gasteiger partial charge < -0.3 is 15.2 Å². The van der Waals surface area contributed by atoms with E-state index in [4.69, 9.17) is 4.74 Å². The summed E-state index contributed by atoms with van der Waals surface area (Å²) in [6.45, 7) is 0.271. The molecule has 3 aromatic rings. The Morgan fingerprint density at radius 1 is 1.07 bits per heavy atom. The quantitative estimate of drug-likeness (QED) is 0.631. The van der Waals surface area contributed by atoms with Crippen molar-refractivity contribution >= 4 is 39.1 Å². The second kappa shape index (κ2) is 7.23. The molecule has 3 heterocycles. The molecular weight excluding hydrogens is 404 g/mol. The van der Waals surface area contributed by atoms with Crippen LogP contribution in [0, 0.1) is 0 Å². The molecule has 2 aliphatic heterocycles. The van der Waals surface area contributed by atoms with Gasteiger partial charge in [0, 0.05) is 9.58 Å². The maximum absolute atomic E-state index is 13.1. The first-order valence-electron chi connectivity index (χ1n) is 9.62. The lowest BCUT2D eigenvalue weighted by molar-refractivity contribution is -0.131. The van der Waals surface area contributed by atoms with Gasteiger partial charge in [-0.3, -0.25) is 19.3 Å². The first-order valence-corrected chi connectivity index (χ1v) is 10.4. The van der Waals surface area contributed by atoms with Crippen molar-refractivity contribution in [1.82, 2.24) is 10.2 Å². The smallest absolute Gasteiger partial charge is 0.266 e. The Morgan fingerprint density at radius 2 is 1.90 bits per heavy atom. The molecule has 0 saturated carbocycles. The van der Waals surface area contributed by atoms with Gasteiger partial charge in [-0.1, -0.05) is 24.3 Å². The number of thiophene rings is 1. The first kappa shape index (κ1) is 18.8. The minimum Gasteiger partial charge on any atom is -0.487 e. The predicted molar refractivity (Wildman–Crippen MR) is 110 cm³/mol. The molecule has 2 atom stereocenters. The van der Waals surface area contributed by atoms with Gasteiger partial charge in [-0.05, 0) is 42.5 Å². The van der Waals surface area contributed by atoms with Crippen molar-refractivity contribution in [3.05, 3.63) is 64.5 Å². The number of piperidine rings is 1. The molecular formula is C22H18N2O5S. The summed E-state index contributed by atoms with van der Waals surface area (Å²) in [4.78, 5) is 40.2. The molecule has 0 aliphatic carbocycles. The summed E-state index contributed by atoms with van der Waals surface area (Å²) in [7, 11) is 0. The van der Waals surface area contributed by atoms with Crippen LogP contribution in [-0.2, 0) is 11.4 Å². The van der Waals surface area contributed by atoms with Crippen molar-refractivity contribution in [3.8, 4) is 5.75 Å². The molecule has 2 aromatic carbocycles. The lowest BCUT2D eigenvalue weighted by atomic mass is 10.0. The highest BCUT2D eigenvalue weighted by molar-refractivity contribution is 7.19. The van der Waals surface area contributed by atoms with Crippen LogP contribution in [0.15, 0.2) is 48.5 Å². The zero-order chi connectivity index (χ0) is 20.8. The average Bonchev–Trinajstić information content (AvgIpc) is 3.26. The SMILES string of the molecule is O=C1NC(O)CCC1N1C(=O)c2cccc(OCc3cc4ccccc4s3)c2C1=O. The van der Waals surface area contributed by atoms with Crippen LogP contribution >= 0.6 is 11.3 Å². The normalized spacial score (nSPS) is 21.1. The molecule has 2 unspecified atom stereocenters. The Kier molecular flexibility index (Phi) is 4.52. The van der Waals surface area contributed by atoms with Crippen LogP contribution in [0.25, 0.3) is 10.1 Å². The van der Waals surface area contributed by atoms with E-state index in [1.807, 2.05) is 30.3 Å². The lowest BCUT2D eigenvalue weighted by Gasteiger charge is -2.31. The summed E-state index contributed by atoms with van der Waals surface area (Å²) in [5, 5.41) is 13.1. The molecule has 30 heavy (non-hydrogen) atoms. The van der Waals surface area contributed by atoms with Gasteiger partial charge in [0.25, 0.3) is 11.8 Å². The van der Waals surface area contributed by atoms with Gasteiger partial charge in [0.1, 0.15) is 24.6 Å². The Balaban J connectivity index is 1.41. The number of carbonyl (C=O) groups is 3. The van der Waals surface area contributed by atoms with Crippen LogP contribution in [0.4, 0.5) is 0 Å². The highest BCUT2D eigenvalue weighted by atomic mass is 32.1. The molecule has 7 nitrogen and oxygen atoms in total. The summed E-state index contributed by atoms with van der Waals surface area (Å²) >= 11 is 1.61. The molecule has 1 saturated heterocycles. The molecule has 152 valence electrons. The summed E-state index contributed by atoms with van der Waals surface area (Å²) < 4.78 is 7.08. The van der Waals surface area contributed by atoms with E-state index in [0.29, 0.717) is 5.75 Å². The minimum absolute atomic E-state index is 0.183. The van der Waals surface area contributed by atoms with Crippen LogP contribution in [0.1, 0.15) is 38.4 Å². The fourth-order valence-electron chi connectivity index (χ4n) is 3.96. The van der Waals surface area contributed by atoms with Crippen molar-refractivity contribution in [2.24, 2.45) is 0 Å². The largest absolute Gasteiger partial charge is 0.487 e. The number of aliphatic hydroxyl groups excluding tert-OH is 1. The summed E-state index contributed by atoms with van der Waals surface area (Å²) in [5.74, 6) is -1.27. The number of hydrogen-bond donors (Lipinski definition) is 2. The number of hydrogen-bond acceptors (Lipinski definition) is 6. The van der Waals surface area contributed by atoms with Gasteiger partial charge >= 0.3 is 0 Å². The van der Waals surface area contributed by atoms with Crippen molar-refractivity contribution in [2.45, 2.75) is 31.7 Å². The van der Waals surface area contributed by atoms with E-state index in [1.165, 1.54) is 0 Å². The van der Waals surface area contributed by atoms with E-state index < -0.39 is 30.0 Å². The molecule has 0 radical (unpaired) electrons. The highest BCUT2D eigenvalue weighted by Gasteiger charge is 2.45. The molecule has 8 heteroatoms. The second-order valence-electron chi connectivity index (χ2n) is 7.32. The Labute approximate surface area is 175 Å². The number of benzene rings is 2. The third-order valence-corrected chi connectivity index (χ3v) is 6.48. The van der Waals surface area contributed by atoms with Gasteiger partial charge in [-0.2, -0.15) is 0 Å². The van der Waals surface area contributed by atoms with Crippen LogP contribution < -0.4 is 10.1 Å². The highest BCUT2D eigenvalue weighted by Crippen LogP contribution is 2.35. The van der Waals surface area contributed by atoms with Crippen molar-refractivity contribution in [1.29, 1.82) is 0 Å². The van der Waals surface area contributed by atoms with Crippen LogP contribution in [0.5, 0.6) is 5.75 Å². The van der Waals surface area contributed by atoms with E-state index in [1.54, 1.807) is 29.5 Å². The number of nitrogens with one attached hydrogen (secondary N) is 1. The molecule has 3 amide bonds. The monoisotopic (exact) mass is 422 g/mol. The van der Waals surface area contributed by atoms with E-state index in [9.17, 15) is 19.5 Å². The zero-order valence-corrected chi connectivity index (χ0v) is 16.6. The maximum atomic E-state index is 13.1. The summed E-state index contributed by atoms with van der Waals surface area (Å²) in [5.41, 5.74) is 0.412. The molecule has 0 bridgehead atoms. The third kappa shape index (κ3) is 3.05. The fourth-order valence-corrected chi connectivity index (χ4v) is 4.94. The summed E-state index contributed by atoms with van der Waals surface area (Å²) in [6.07, 6.45) is -0.459. The Hall–Kier alpha value is -3.23. The standard InChI is InChI=1S/C22H18N2O5S/c25-18-9-8-15(20(26)23-18)24-21(27)14-5-3-6-16(19(14)22(24)28)29-11-13-10-12-4-1-2-7-17(12)30-13/h1-7,10,15,18,25H,8-9,11H2,(H,23,26). The number of nitrogens with zero attached hydrogens (tertiary/aromatic N) is 1. The zero-order valence-electron chi connectivity index (χ0n) is 15.8. The molecule has 2 N–H and O–H groups in total. The lowest BCUT2D eigenvalue weighted by Crippen LogP contribution is -2.55. The van der Waals surface area contributed by atoms with Crippen molar-refractivity contribution < 1.29 is 24.2 Å². The number of rotatable bonds is 4. The van der Waals surface area contributed by atoms with Gasteiger partial charge in [-0.25, -0.2) is 0 Å². The van der Waals surface area contributed by atoms with Crippen molar-refractivity contribution in [3.63, 3.8) is 0 Å². The number of carbonyl (C=O) groups excluding carboxylic acids is 3. The molecule has 5 rings (SSSR count). The molecule has 2 aliphatic rings. The topological polar surface area (TPSA) is 95.9 Å². The minimum atomic E-state index is -0.955. The van der Waals surface area contributed by atoms with E-state index >= 15 is 0 Å². The average molecular weight is 422 g/mol. The number of aliphatic hydroxyl groups is 1. The van der Waals surface area contributed by atoms with Gasteiger partial charge in [-0.15, -0.1) is 11.3 Å². The molecule has 1 fully saturated rings. The van der Waals surface area contributed by atoms with Crippen LogP contribution in [-0.4, -0.2) is 40.0 Å². The molecule has 0 spiro atoms. The van der Waals surface area contributed by atoms with Gasteiger partial charge in [0.15, 0.2) is 0 Å². The van der Waals surface area contributed by atoms with Crippen LogP contribution in [0.3, 0.4) is 0 Å². The predicted octanol–water partition coefficient (Wildman–Crippen LogP) is 2.67. The number of imide groups is 1. The summed E-state index contributed by atoms with van der Waals surface area (Å²) in [6, 6.07) is 14.0. The van der Waals surface area contributed by atoms with E-state index in [0.717, 1.165) is 19.9 Å². The van der Waals surface area contributed by atoms with E-state index in [2.05, 4.69) is 5.32 Å². The first-order chi connectivity index (χ1) is 14.5. The Bertz CT molecular complexity index is 1150. The maximum Gasteiger partial charge on any atom is 0.266 e. The van der Waals surface area contributed by atoms with Crippen molar-refractivity contribution in [2.75, 3.05) is 0 Å². The number of amides is 3.